The van der Waals surface area contributed by atoms with Gasteiger partial charge in [0.15, 0.2) is 0 Å². The summed E-state index contributed by atoms with van der Waals surface area (Å²) in [7, 11) is 3.67. The maximum atomic E-state index is 5.36. The molecule has 1 aromatic heterocycles. The Morgan fingerprint density at radius 2 is 2.21 bits per heavy atom. The summed E-state index contributed by atoms with van der Waals surface area (Å²) in [5.41, 5.74) is 3.94. The van der Waals surface area contributed by atoms with Gasteiger partial charge in [-0.25, -0.2) is 0 Å². The van der Waals surface area contributed by atoms with Crippen LogP contribution in [0.4, 0.5) is 0 Å². The second-order valence-corrected chi connectivity index (χ2v) is 5.12. The molecule has 1 aliphatic heterocycles. The van der Waals surface area contributed by atoms with Crippen molar-refractivity contribution in [3.05, 3.63) is 47.3 Å². The van der Waals surface area contributed by atoms with Crippen molar-refractivity contribution < 1.29 is 4.74 Å². The lowest BCUT2D eigenvalue weighted by molar-refractivity contribution is 0.411. The van der Waals surface area contributed by atoms with E-state index >= 15 is 0 Å². The first-order valence-electron chi connectivity index (χ1n) is 6.59. The van der Waals surface area contributed by atoms with Gasteiger partial charge in [-0.3, -0.25) is 4.68 Å². The molecule has 2 aromatic rings. The number of aryl methyl sites for hydroxylation is 1. The summed E-state index contributed by atoms with van der Waals surface area (Å²) >= 11 is 0. The first-order valence-corrected chi connectivity index (χ1v) is 6.59. The maximum Gasteiger partial charge on any atom is 0.119 e. The summed E-state index contributed by atoms with van der Waals surface area (Å²) in [4.78, 5) is 0. The summed E-state index contributed by atoms with van der Waals surface area (Å²) in [6.07, 6.45) is 4.04. The van der Waals surface area contributed by atoms with Gasteiger partial charge in [-0.05, 0) is 35.7 Å². The smallest absolute Gasteiger partial charge is 0.119 e. The fourth-order valence-electron chi connectivity index (χ4n) is 2.81. The molecular weight excluding hydrogens is 238 g/mol. The molecule has 0 saturated carbocycles. The van der Waals surface area contributed by atoms with E-state index in [-0.39, 0.29) is 0 Å². The Balaban J connectivity index is 2.08. The second-order valence-electron chi connectivity index (χ2n) is 5.12. The van der Waals surface area contributed by atoms with Crippen LogP contribution in [0.15, 0.2) is 30.6 Å². The first kappa shape index (κ1) is 12.2. The zero-order chi connectivity index (χ0) is 13.4. The number of ether oxygens (including phenoxy) is 1. The number of hydrogen-bond acceptors (Lipinski definition) is 3. The highest BCUT2D eigenvalue weighted by molar-refractivity contribution is 5.45. The molecule has 4 nitrogen and oxygen atoms in total. The van der Waals surface area contributed by atoms with Gasteiger partial charge in [0.2, 0.25) is 0 Å². The van der Waals surface area contributed by atoms with Crippen molar-refractivity contribution in [3.8, 4) is 5.75 Å². The molecule has 4 heteroatoms. The van der Waals surface area contributed by atoms with Crippen molar-refractivity contribution in [1.29, 1.82) is 0 Å². The second kappa shape index (κ2) is 4.70. The molecule has 0 aliphatic carbocycles. The van der Waals surface area contributed by atoms with Gasteiger partial charge in [0.25, 0.3) is 0 Å². The van der Waals surface area contributed by atoms with E-state index in [1.54, 1.807) is 7.11 Å². The molecule has 100 valence electrons. The van der Waals surface area contributed by atoms with Crippen LogP contribution in [0.5, 0.6) is 5.75 Å². The quantitative estimate of drug-likeness (QED) is 0.896. The van der Waals surface area contributed by atoms with Crippen molar-refractivity contribution in [1.82, 2.24) is 15.1 Å². The zero-order valence-corrected chi connectivity index (χ0v) is 11.6. The van der Waals surface area contributed by atoms with Crippen LogP contribution in [0.3, 0.4) is 0 Å². The Labute approximate surface area is 113 Å². The summed E-state index contributed by atoms with van der Waals surface area (Å²) in [6, 6.07) is 6.73. The van der Waals surface area contributed by atoms with Crippen molar-refractivity contribution >= 4 is 0 Å². The van der Waals surface area contributed by atoms with Gasteiger partial charge in [0, 0.05) is 31.7 Å². The Bertz CT molecular complexity index is 591. The predicted molar refractivity (Wildman–Crippen MR) is 74.5 cm³/mol. The van der Waals surface area contributed by atoms with E-state index in [2.05, 4.69) is 35.7 Å². The minimum absolute atomic E-state index is 0.343. The molecule has 3 rings (SSSR count). The van der Waals surface area contributed by atoms with E-state index in [0.29, 0.717) is 12.0 Å². The number of nitrogens with zero attached hydrogens (tertiary/aromatic N) is 2. The SMILES string of the molecule is COc1ccc2c(c1)C(c1cnn(C)c1)CNC2C. The lowest BCUT2D eigenvalue weighted by Gasteiger charge is -2.30. The molecule has 0 radical (unpaired) electrons. The van der Waals surface area contributed by atoms with E-state index in [1.807, 2.05) is 24.0 Å². The highest BCUT2D eigenvalue weighted by Crippen LogP contribution is 2.36. The van der Waals surface area contributed by atoms with Crippen LogP contribution in [0.2, 0.25) is 0 Å². The van der Waals surface area contributed by atoms with E-state index < -0.39 is 0 Å². The predicted octanol–water partition coefficient (Wildman–Crippen LogP) is 2.22. The largest absolute Gasteiger partial charge is 0.497 e. The molecule has 0 bridgehead atoms. The molecular formula is C15H19N3O. The number of benzene rings is 1. The standard InChI is InChI=1S/C15H19N3O/c1-10-13-5-4-12(19-3)6-14(13)15(8-16-10)11-7-17-18(2)9-11/h4-7,9-10,15-16H,8H2,1-3H3. The molecule has 0 fully saturated rings. The monoisotopic (exact) mass is 257 g/mol. The number of rotatable bonds is 2. The minimum atomic E-state index is 0.343. The van der Waals surface area contributed by atoms with Gasteiger partial charge in [0.1, 0.15) is 5.75 Å². The van der Waals surface area contributed by atoms with Crippen LogP contribution in [-0.4, -0.2) is 23.4 Å². The molecule has 0 amide bonds. The van der Waals surface area contributed by atoms with E-state index in [0.717, 1.165) is 12.3 Å². The van der Waals surface area contributed by atoms with Gasteiger partial charge in [-0.15, -0.1) is 0 Å². The molecule has 1 N–H and O–H groups in total. The van der Waals surface area contributed by atoms with Gasteiger partial charge in [-0.2, -0.15) is 5.10 Å². The van der Waals surface area contributed by atoms with E-state index in [1.165, 1.54) is 16.7 Å². The fourth-order valence-corrected chi connectivity index (χ4v) is 2.81. The molecule has 1 aromatic carbocycles. The van der Waals surface area contributed by atoms with Crippen LogP contribution in [0, 0.1) is 0 Å². The number of nitrogens with one attached hydrogen (secondary N) is 1. The highest BCUT2D eigenvalue weighted by atomic mass is 16.5. The van der Waals surface area contributed by atoms with Crippen LogP contribution >= 0.6 is 0 Å². The summed E-state index contributed by atoms with van der Waals surface area (Å²) in [5.74, 6) is 1.26. The molecule has 0 saturated heterocycles. The number of hydrogen-bond donors (Lipinski definition) is 1. The van der Waals surface area contributed by atoms with E-state index in [4.69, 9.17) is 4.74 Å². The maximum absolute atomic E-state index is 5.36. The van der Waals surface area contributed by atoms with Gasteiger partial charge < -0.3 is 10.1 Å². The number of fused-ring (bicyclic) bond motifs is 1. The van der Waals surface area contributed by atoms with Crippen molar-refractivity contribution in [2.45, 2.75) is 18.9 Å². The Morgan fingerprint density at radius 3 is 2.89 bits per heavy atom. The molecule has 2 unspecified atom stereocenters. The Kier molecular flexibility index (Phi) is 3.03. The average Bonchev–Trinajstić information content (AvgIpc) is 2.85. The molecule has 1 aliphatic rings. The minimum Gasteiger partial charge on any atom is -0.497 e. The average molecular weight is 257 g/mol. The lowest BCUT2D eigenvalue weighted by atomic mass is 9.84. The molecule has 2 heterocycles. The third kappa shape index (κ3) is 2.12. The van der Waals surface area contributed by atoms with Crippen LogP contribution in [0.1, 0.15) is 35.6 Å². The first-order chi connectivity index (χ1) is 9.19. The van der Waals surface area contributed by atoms with Gasteiger partial charge in [0.05, 0.1) is 13.3 Å². The lowest BCUT2D eigenvalue weighted by Crippen LogP contribution is -2.31. The molecule has 0 spiro atoms. The summed E-state index contributed by atoms with van der Waals surface area (Å²) in [6.45, 7) is 3.14. The molecule has 19 heavy (non-hydrogen) atoms. The molecule has 2 atom stereocenters. The van der Waals surface area contributed by atoms with Gasteiger partial charge >= 0.3 is 0 Å². The Morgan fingerprint density at radius 1 is 1.37 bits per heavy atom. The fraction of sp³-hybridized carbons (Fsp3) is 0.400. The third-order valence-corrected chi connectivity index (χ3v) is 3.89. The van der Waals surface area contributed by atoms with Crippen LogP contribution in [0.25, 0.3) is 0 Å². The summed E-state index contributed by atoms with van der Waals surface area (Å²) in [5, 5.41) is 7.84. The van der Waals surface area contributed by atoms with Gasteiger partial charge in [-0.1, -0.05) is 6.07 Å². The highest BCUT2D eigenvalue weighted by Gasteiger charge is 2.26. The normalized spacial score (nSPS) is 22.1. The van der Waals surface area contributed by atoms with Crippen LogP contribution < -0.4 is 10.1 Å². The third-order valence-electron chi connectivity index (χ3n) is 3.89. The topological polar surface area (TPSA) is 39.1 Å². The summed E-state index contributed by atoms with van der Waals surface area (Å²) < 4.78 is 7.22. The van der Waals surface area contributed by atoms with E-state index in [9.17, 15) is 0 Å². The van der Waals surface area contributed by atoms with Crippen molar-refractivity contribution in [3.63, 3.8) is 0 Å². The Hall–Kier alpha value is -1.81. The van der Waals surface area contributed by atoms with Crippen molar-refractivity contribution in [2.75, 3.05) is 13.7 Å². The van der Waals surface area contributed by atoms with Crippen molar-refractivity contribution in [2.24, 2.45) is 7.05 Å². The van der Waals surface area contributed by atoms with Crippen LogP contribution in [-0.2, 0) is 7.05 Å². The number of methoxy groups -OCH3 is 1. The number of aromatic nitrogens is 2. The zero-order valence-electron chi connectivity index (χ0n) is 11.6.